The molecule has 0 aliphatic rings. The molecule has 0 radical (unpaired) electrons. The van der Waals surface area contributed by atoms with Gasteiger partial charge in [-0.1, -0.05) is 48.5 Å². The monoisotopic (exact) mass is 812 g/mol. The average Bonchev–Trinajstić information content (AvgIpc) is 3.09. The van der Waals surface area contributed by atoms with E-state index in [0.717, 1.165) is 12.1 Å². The van der Waals surface area contributed by atoms with Gasteiger partial charge in [0, 0.05) is 32.7 Å². The van der Waals surface area contributed by atoms with Crippen LogP contribution < -0.4 is 0 Å². The van der Waals surface area contributed by atoms with Crippen molar-refractivity contribution in [3.05, 3.63) is 128 Å². The van der Waals surface area contributed by atoms with Crippen molar-refractivity contribution in [2.24, 2.45) is 20.5 Å². The molecule has 276 valence electrons. The van der Waals surface area contributed by atoms with Crippen molar-refractivity contribution in [2.75, 3.05) is 0 Å². The van der Waals surface area contributed by atoms with Gasteiger partial charge in [-0.15, -0.1) is 20.5 Å². The number of phenolic OH excluding ortho intramolecular Hbond substituents is 2. The van der Waals surface area contributed by atoms with Gasteiger partial charge in [0.15, 0.2) is 11.4 Å². The smallest absolute Gasteiger partial charge is 0.744 e. The first-order chi connectivity index (χ1) is 25.4. The molecule has 0 aliphatic heterocycles. The molecule has 55 heavy (non-hydrogen) atoms. The Hall–Kier alpha value is -5.48. The van der Waals surface area contributed by atoms with Crippen molar-refractivity contribution in [3.63, 3.8) is 0 Å². The summed E-state index contributed by atoms with van der Waals surface area (Å²) in [6.07, 6.45) is 0. The Morgan fingerprint density at radius 2 is 0.855 bits per heavy atom. The van der Waals surface area contributed by atoms with Crippen LogP contribution in [0.5, 0.6) is 11.5 Å². The minimum absolute atomic E-state index is 0. The zero-order valence-corrected chi connectivity index (χ0v) is 32.3. The second kappa shape index (κ2) is 16.9. The van der Waals surface area contributed by atoms with Crippen LogP contribution in [0, 0.1) is 34.1 Å². The first-order valence-corrected chi connectivity index (χ1v) is 17.9. The second-order valence-corrected chi connectivity index (χ2v) is 14.0. The van der Waals surface area contributed by atoms with Crippen molar-refractivity contribution in [2.45, 2.75) is 23.6 Å². The fraction of sp³-hybridized carbons (Fsp3) is 0.0588. The maximum Gasteiger partial charge on any atom is 2.00 e. The van der Waals surface area contributed by atoms with Crippen molar-refractivity contribution in [1.29, 1.82) is 0 Å². The summed E-state index contributed by atoms with van der Waals surface area (Å²) < 4.78 is 68.6. The minimum Gasteiger partial charge on any atom is -0.744 e. The Bertz CT molecular complexity index is 2610. The summed E-state index contributed by atoms with van der Waals surface area (Å²) in [6, 6.07) is 21.8. The van der Waals surface area contributed by atoms with Gasteiger partial charge in [-0.3, -0.25) is 20.2 Å². The molecule has 18 nitrogen and oxygen atoms in total. The maximum absolute atomic E-state index is 11.4. The van der Waals surface area contributed by atoms with Gasteiger partial charge in [-0.2, -0.15) is 0 Å². The summed E-state index contributed by atoms with van der Waals surface area (Å²) in [6.45, 7) is 3.11. The standard InChI is InChI=1S/2C17H13N3O6S.Ca/c2*1-10-4-2-6-13(17(10)20(22)23)18-19-16-12-5-3-7-15(27(24,25)26)11(12)8-9-14(16)21;/h2*2-9,21H,1H3,(H,24,25,26);/q;;+2/p-2. The van der Waals surface area contributed by atoms with Crippen LogP contribution in [0.1, 0.15) is 11.1 Å². The molecule has 0 aromatic heterocycles. The molecule has 0 bridgehead atoms. The third kappa shape index (κ3) is 9.25. The van der Waals surface area contributed by atoms with E-state index in [2.05, 4.69) is 20.5 Å². The van der Waals surface area contributed by atoms with Crippen LogP contribution in [-0.4, -0.2) is 83.7 Å². The molecule has 0 unspecified atom stereocenters. The molecular weight excluding hydrogens is 789 g/mol. The Morgan fingerprint density at radius 1 is 0.509 bits per heavy atom. The Balaban J connectivity index is 0.000000240. The second-order valence-electron chi connectivity index (χ2n) is 11.3. The minimum atomic E-state index is -4.74. The van der Waals surface area contributed by atoms with Crippen molar-refractivity contribution >= 4 is 114 Å². The molecule has 0 aliphatic carbocycles. The van der Waals surface area contributed by atoms with Crippen LogP contribution in [0.3, 0.4) is 0 Å². The van der Waals surface area contributed by atoms with Crippen LogP contribution in [0.25, 0.3) is 21.5 Å². The number of benzene rings is 6. The summed E-state index contributed by atoms with van der Waals surface area (Å²) in [7, 11) is -9.49. The van der Waals surface area contributed by atoms with E-state index in [4.69, 9.17) is 0 Å². The quantitative estimate of drug-likeness (QED) is 0.0489. The van der Waals surface area contributed by atoms with Crippen molar-refractivity contribution < 1.29 is 46.0 Å². The van der Waals surface area contributed by atoms with Crippen LogP contribution in [-0.2, 0) is 20.2 Å². The molecule has 0 saturated heterocycles. The van der Waals surface area contributed by atoms with E-state index in [0.29, 0.717) is 11.1 Å². The zero-order valence-electron chi connectivity index (χ0n) is 28.4. The number of azo groups is 2. The molecule has 0 atom stereocenters. The van der Waals surface area contributed by atoms with E-state index in [1.165, 1.54) is 60.7 Å². The van der Waals surface area contributed by atoms with E-state index in [1.807, 2.05) is 0 Å². The zero-order chi connectivity index (χ0) is 39.5. The fourth-order valence-corrected chi connectivity index (χ4v) is 6.77. The number of nitrogens with zero attached hydrogens (tertiary/aromatic N) is 6. The number of fused-ring (bicyclic) bond motifs is 2. The normalized spacial score (nSPS) is 11.7. The first kappa shape index (κ1) is 42.3. The predicted molar refractivity (Wildman–Crippen MR) is 197 cm³/mol. The third-order valence-electron chi connectivity index (χ3n) is 7.80. The molecule has 0 amide bonds. The summed E-state index contributed by atoms with van der Waals surface area (Å²) >= 11 is 0. The Labute approximate surface area is 341 Å². The molecule has 6 rings (SSSR count). The molecule has 0 fully saturated rings. The molecular formula is C34H24CaN6O12S2. The number of aryl methyl sites for hydroxylation is 2. The Kier molecular flexibility index (Phi) is 13.0. The molecule has 6 aromatic carbocycles. The number of para-hydroxylation sites is 2. The van der Waals surface area contributed by atoms with E-state index in [9.17, 15) is 56.4 Å². The van der Waals surface area contributed by atoms with Crippen LogP contribution in [0.2, 0.25) is 0 Å². The topological polar surface area (TPSA) is 291 Å². The summed E-state index contributed by atoms with van der Waals surface area (Å²) in [5.74, 6) is -0.635. The van der Waals surface area contributed by atoms with Gasteiger partial charge >= 0.3 is 37.7 Å². The molecule has 0 spiro atoms. The number of nitro groups is 2. The van der Waals surface area contributed by atoms with Gasteiger partial charge < -0.3 is 19.3 Å². The Morgan fingerprint density at radius 3 is 1.18 bits per heavy atom. The van der Waals surface area contributed by atoms with Gasteiger partial charge in [-0.05, 0) is 62.4 Å². The fourth-order valence-electron chi connectivity index (χ4n) is 5.38. The van der Waals surface area contributed by atoms with Gasteiger partial charge in [-0.25, -0.2) is 16.8 Å². The van der Waals surface area contributed by atoms with E-state index >= 15 is 0 Å². The number of aromatic hydroxyl groups is 2. The summed E-state index contributed by atoms with van der Waals surface area (Å²) in [4.78, 5) is 20.4. The van der Waals surface area contributed by atoms with Crippen LogP contribution in [0.4, 0.5) is 34.1 Å². The number of hydrogen-bond donors (Lipinski definition) is 2. The van der Waals surface area contributed by atoms with E-state index < -0.39 is 39.9 Å². The molecule has 0 saturated carbocycles. The van der Waals surface area contributed by atoms with Gasteiger partial charge in [0.25, 0.3) is 11.4 Å². The predicted octanol–water partition coefficient (Wildman–Crippen LogP) is 7.78. The SMILES string of the molecule is Cc1cccc(N=Nc2c(O)ccc3c(S(=O)(=O)[O-])cccc23)c1[N+](=O)[O-].Cc1cccc(N=Nc2c(O)ccc3c(S(=O)(=O)[O-])cccc23)c1[N+](=O)[O-].[Ca+2]. The van der Waals surface area contributed by atoms with E-state index in [1.54, 1.807) is 38.1 Å². The van der Waals surface area contributed by atoms with Crippen molar-refractivity contribution in [3.8, 4) is 11.5 Å². The number of phenols is 2. The molecule has 0 heterocycles. The van der Waals surface area contributed by atoms with Crippen LogP contribution in [0.15, 0.2) is 127 Å². The number of nitro benzene ring substituents is 2. The van der Waals surface area contributed by atoms with Gasteiger partial charge in [0.05, 0.1) is 19.6 Å². The summed E-state index contributed by atoms with van der Waals surface area (Å²) in [5, 5.41) is 58.6. The first-order valence-electron chi connectivity index (χ1n) is 15.1. The number of rotatable bonds is 8. The number of hydrogen-bond acceptors (Lipinski definition) is 16. The molecule has 6 aromatic rings. The van der Waals surface area contributed by atoms with Gasteiger partial charge in [0.1, 0.15) is 43.1 Å². The third-order valence-corrected chi connectivity index (χ3v) is 9.59. The largest absolute Gasteiger partial charge is 2.00 e. The van der Waals surface area contributed by atoms with Crippen molar-refractivity contribution in [1.82, 2.24) is 0 Å². The van der Waals surface area contributed by atoms with Crippen LogP contribution >= 0.6 is 0 Å². The van der Waals surface area contributed by atoms with E-state index in [-0.39, 0.29) is 105 Å². The average molecular weight is 813 g/mol. The maximum atomic E-state index is 11.4. The molecule has 2 N–H and O–H groups in total. The summed E-state index contributed by atoms with van der Waals surface area (Å²) in [5.41, 5.74) is 0.0554. The molecule has 21 heteroatoms. The van der Waals surface area contributed by atoms with Gasteiger partial charge in [0.2, 0.25) is 0 Å².